The molecular weight excluding hydrogens is 316 g/mol. The molecule has 0 radical (unpaired) electrons. The second kappa shape index (κ2) is 5.28. The van der Waals surface area contributed by atoms with Crippen LogP contribution in [-0.4, -0.2) is 5.91 Å². The van der Waals surface area contributed by atoms with Crippen LogP contribution in [0.1, 0.15) is 15.9 Å². The number of halogens is 2. The Morgan fingerprint density at radius 1 is 0.957 bits per heavy atom. The van der Waals surface area contributed by atoms with E-state index in [0.717, 1.165) is 22.8 Å². The summed E-state index contributed by atoms with van der Waals surface area (Å²) in [6.07, 6.45) is 0. The maximum absolute atomic E-state index is 14.1. The molecule has 0 saturated heterocycles. The van der Waals surface area contributed by atoms with E-state index < -0.39 is 11.6 Å². The molecule has 1 aromatic heterocycles. The first-order valence-corrected chi connectivity index (χ1v) is 8.01. The van der Waals surface area contributed by atoms with Gasteiger partial charge in [0.25, 0.3) is 5.91 Å². The lowest BCUT2D eigenvalue weighted by Crippen LogP contribution is -2.12. The third-order valence-electron chi connectivity index (χ3n) is 3.99. The van der Waals surface area contributed by atoms with Gasteiger partial charge in [0.1, 0.15) is 11.6 Å². The molecule has 1 aliphatic heterocycles. The maximum atomic E-state index is 14.1. The molecule has 1 N–H and O–H groups in total. The molecule has 0 aliphatic carbocycles. The van der Waals surface area contributed by atoms with Crippen LogP contribution in [0.5, 0.6) is 0 Å². The van der Waals surface area contributed by atoms with E-state index in [9.17, 15) is 13.6 Å². The summed E-state index contributed by atoms with van der Waals surface area (Å²) in [5, 5.41) is 6.75. The van der Waals surface area contributed by atoms with E-state index in [1.54, 1.807) is 17.4 Å². The minimum atomic E-state index is -0.639. The molecule has 0 saturated carbocycles. The minimum absolute atomic E-state index is 0.166. The van der Waals surface area contributed by atoms with E-state index in [0.29, 0.717) is 17.7 Å². The molecule has 23 heavy (non-hydrogen) atoms. The number of carbonyl (C=O) groups is 1. The lowest BCUT2D eigenvalue weighted by atomic mass is 9.92. The maximum Gasteiger partial charge on any atom is 0.251 e. The van der Waals surface area contributed by atoms with Gasteiger partial charge in [0, 0.05) is 23.7 Å². The number of fused-ring (bicyclic) bond motifs is 1. The zero-order chi connectivity index (χ0) is 16.0. The number of nitrogens with one attached hydrogen (secondary N) is 1. The highest BCUT2D eigenvalue weighted by Crippen LogP contribution is 2.36. The Balaban J connectivity index is 1.97. The standard InChI is InChI=1S/C18H11F2NOS/c19-12-1-2-13(17(20)7-12)11-5-14(10-3-4-23-9-10)16-8-21-18(22)15(16)6-11/h1-7,9H,8H2,(H,21,22). The fraction of sp³-hybridized carbons (Fsp3) is 0.0556. The molecule has 2 heterocycles. The summed E-state index contributed by atoms with van der Waals surface area (Å²) in [6.45, 7) is 0.464. The first kappa shape index (κ1) is 14.1. The molecule has 1 aliphatic rings. The van der Waals surface area contributed by atoms with Crippen LogP contribution in [0.2, 0.25) is 0 Å². The van der Waals surface area contributed by atoms with Crippen molar-refractivity contribution in [3.05, 3.63) is 69.9 Å². The molecule has 2 nitrogen and oxygen atoms in total. The zero-order valence-corrected chi connectivity index (χ0v) is 12.7. The predicted octanol–water partition coefficient (Wildman–Crippen LogP) is 4.60. The third-order valence-corrected chi connectivity index (χ3v) is 4.68. The van der Waals surface area contributed by atoms with Crippen molar-refractivity contribution >= 4 is 17.2 Å². The summed E-state index contributed by atoms with van der Waals surface area (Å²) in [5.74, 6) is -1.43. The van der Waals surface area contributed by atoms with Gasteiger partial charge in [0.15, 0.2) is 0 Å². The van der Waals surface area contributed by atoms with Crippen LogP contribution < -0.4 is 5.32 Å². The fourth-order valence-corrected chi connectivity index (χ4v) is 3.54. The molecule has 0 fully saturated rings. The Bertz CT molecular complexity index is 919. The Kier molecular flexibility index (Phi) is 3.23. The van der Waals surface area contributed by atoms with Crippen molar-refractivity contribution in [2.45, 2.75) is 6.54 Å². The monoisotopic (exact) mass is 327 g/mol. The molecule has 0 atom stereocenters. The SMILES string of the molecule is O=C1NCc2c1cc(-c1ccc(F)cc1F)cc2-c1ccsc1. The van der Waals surface area contributed by atoms with Crippen LogP contribution in [0.3, 0.4) is 0 Å². The highest BCUT2D eigenvalue weighted by Gasteiger charge is 2.24. The largest absolute Gasteiger partial charge is 0.348 e. The van der Waals surface area contributed by atoms with Crippen LogP contribution in [0.15, 0.2) is 47.2 Å². The molecular formula is C18H11F2NOS. The Morgan fingerprint density at radius 3 is 2.52 bits per heavy atom. The lowest BCUT2D eigenvalue weighted by Gasteiger charge is -2.11. The van der Waals surface area contributed by atoms with Gasteiger partial charge >= 0.3 is 0 Å². The Hall–Kier alpha value is -2.53. The smallest absolute Gasteiger partial charge is 0.251 e. The van der Waals surface area contributed by atoms with E-state index in [4.69, 9.17) is 0 Å². The van der Waals surface area contributed by atoms with Crippen molar-refractivity contribution in [2.75, 3.05) is 0 Å². The summed E-state index contributed by atoms with van der Waals surface area (Å²) in [4.78, 5) is 12.0. The van der Waals surface area contributed by atoms with Gasteiger partial charge in [0.05, 0.1) is 0 Å². The third kappa shape index (κ3) is 2.33. The summed E-state index contributed by atoms with van der Waals surface area (Å²) >= 11 is 1.56. The van der Waals surface area contributed by atoms with Crippen LogP contribution >= 0.6 is 11.3 Å². The summed E-state index contributed by atoms with van der Waals surface area (Å²) in [5.41, 5.74) is 4.21. The van der Waals surface area contributed by atoms with Gasteiger partial charge in [-0.2, -0.15) is 11.3 Å². The van der Waals surface area contributed by atoms with Crippen LogP contribution in [-0.2, 0) is 6.54 Å². The quantitative estimate of drug-likeness (QED) is 0.732. The molecule has 0 bridgehead atoms. The van der Waals surface area contributed by atoms with Crippen molar-refractivity contribution < 1.29 is 13.6 Å². The number of amides is 1. The van der Waals surface area contributed by atoms with E-state index in [1.807, 2.05) is 22.9 Å². The lowest BCUT2D eigenvalue weighted by molar-refractivity contribution is 0.0966. The summed E-state index contributed by atoms with van der Waals surface area (Å²) < 4.78 is 27.3. The second-order valence-electron chi connectivity index (χ2n) is 5.37. The topological polar surface area (TPSA) is 29.1 Å². The van der Waals surface area contributed by atoms with Crippen molar-refractivity contribution in [1.82, 2.24) is 5.32 Å². The molecule has 1 amide bonds. The zero-order valence-electron chi connectivity index (χ0n) is 11.9. The number of hydrogen-bond acceptors (Lipinski definition) is 2. The first-order chi connectivity index (χ1) is 11.1. The van der Waals surface area contributed by atoms with Crippen molar-refractivity contribution in [3.63, 3.8) is 0 Å². The van der Waals surface area contributed by atoms with Gasteiger partial charge in [-0.15, -0.1) is 0 Å². The van der Waals surface area contributed by atoms with E-state index in [1.165, 1.54) is 12.1 Å². The summed E-state index contributed by atoms with van der Waals surface area (Å²) in [7, 11) is 0. The number of hydrogen-bond donors (Lipinski definition) is 1. The normalized spacial score (nSPS) is 13.0. The van der Waals surface area contributed by atoms with E-state index >= 15 is 0 Å². The molecule has 0 unspecified atom stereocenters. The number of thiophene rings is 1. The minimum Gasteiger partial charge on any atom is -0.348 e. The highest BCUT2D eigenvalue weighted by atomic mass is 32.1. The number of benzene rings is 2. The second-order valence-corrected chi connectivity index (χ2v) is 6.15. The van der Waals surface area contributed by atoms with Gasteiger partial charge < -0.3 is 5.32 Å². The van der Waals surface area contributed by atoms with Crippen LogP contribution in [0, 0.1) is 11.6 Å². The van der Waals surface area contributed by atoms with Crippen molar-refractivity contribution in [2.24, 2.45) is 0 Å². The van der Waals surface area contributed by atoms with Gasteiger partial charge in [-0.1, -0.05) is 0 Å². The molecule has 114 valence electrons. The van der Waals surface area contributed by atoms with Crippen molar-refractivity contribution in [3.8, 4) is 22.3 Å². The highest BCUT2D eigenvalue weighted by molar-refractivity contribution is 7.08. The van der Waals surface area contributed by atoms with E-state index in [-0.39, 0.29) is 11.5 Å². The van der Waals surface area contributed by atoms with Gasteiger partial charge in [-0.25, -0.2) is 8.78 Å². The Morgan fingerprint density at radius 2 is 1.78 bits per heavy atom. The first-order valence-electron chi connectivity index (χ1n) is 7.06. The van der Waals surface area contributed by atoms with Crippen LogP contribution in [0.4, 0.5) is 8.78 Å². The van der Waals surface area contributed by atoms with Gasteiger partial charge in [0.2, 0.25) is 0 Å². The average molecular weight is 327 g/mol. The number of carbonyl (C=O) groups excluding carboxylic acids is 1. The van der Waals surface area contributed by atoms with Gasteiger partial charge in [-0.05, 0) is 63.3 Å². The predicted molar refractivity (Wildman–Crippen MR) is 86.3 cm³/mol. The Labute approximate surface area is 135 Å². The molecule has 5 heteroatoms. The summed E-state index contributed by atoms with van der Waals surface area (Å²) in [6, 6.07) is 8.97. The van der Waals surface area contributed by atoms with Crippen molar-refractivity contribution in [1.29, 1.82) is 0 Å². The molecule has 3 aromatic rings. The average Bonchev–Trinajstić information content (AvgIpc) is 3.17. The van der Waals surface area contributed by atoms with Gasteiger partial charge in [-0.3, -0.25) is 4.79 Å². The van der Waals surface area contributed by atoms with Crippen LogP contribution in [0.25, 0.3) is 22.3 Å². The molecule has 4 rings (SSSR count). The number of rotatable bonds is 2. The van der Waals surface area contributed by atoms with E-state index in [2.05, 4.69) is 5.32 Å². The molecule has 2 aromatic carbocycles. The fourth-order valence-electron chi connectivity index (χ4n) is 2.88. The molecule has 0 spiro atoms.